The van der Waals surface area contributed by atoms with Crippen molar-refractivity contribution in [2.24, 2.45) is 17.3 Å². The molecule has 0 amide bonds. The van der Waals surface area contributed by atoms with Crippen molar-refractivity contribution in [2.75, 3.05) is 6.61 Å². The summed E-state index contributed by atoms with van der Waals surface area (Å²) >= 11 is 0. The molecule has 1 saturated carbocycles. The number of hydrogen-bond acceptors (Lipinski definition) is 1. The van der Waals surface area contributed by atoms with Gasteiger partial charge in [-0.2, -0.15) is 0 Å². The molecule has 1 nitrogen and oxygen atoms in total. The van der Waals surface area contributed by atoms with Gasteiger partial charge in [-0.25, -0.2) is 0 Å². The first-order valence-electron chi connectivity index (χ1n) is 5.44. The molecule has 1 heteroatoms. The van der Waals surface area contributed by atoms with E-state index in [-0.39, 0.29) is 12.0 Å². The van der Waals surface area contributed by atoms with Crippen LogP contribution in [-0.2, 0) is 0 Å². The third kappa shape index (κ3) is 2.09. The van der Waals surface area contributed by atoms with Crippen molar-refractivity contribution in [3.8, 4) is 0 Å². The average molecular weight is 194 g/mol. The van der Waals surface area contributed by atoms with Gasteiger partial charge in [0.25, 0.3) is 0 Å². The number of hydrogen-bond donors (Lipinski definition) is 1. The van der Waals surface area contributed by atoms with E-state index < -0.39 is 0 Å². The van der Waals surface area contributed by atoms with E-state index in [1.54, 1.807) is 0 Å². The molecule has 0 heterocycles. The zero-order valence-electron chi connectivity index (χ0n) is 9.42. The fourth-order valence-corrected chi connectivity index (χ4v) is 2.74. The molecule has 0 aromatic heterocycles. The van der Waals surface area contributed by atoms with Crippen LogP contribution in [0.2, 0.25) is 0 Å². The second kappa shape index (κ2) is 4.31. The van der Waals surface area contributed by atoms with Gasteiger partial charge in [-0.05, 0) is 38.0 Å². The van der Waals surface area contributed by atoms with E-state index in [9.17, 15) is 5.11 Å². The van der Waals surface area contributed by atoms with Crippen LogP contribution in [0.4, 0.5) is 0 Å². The van der Waals surface area contributed by atoms with Gasteiger partial charge in [-0.3, -0.25) is 0 Å². The van der Waals surface area contributed by atoms with E-state index in [2.05, 4.69) is 27.0 Å². The SMILES string of the molecule is C=C[C@]1(CO)CC[C@@H](C(=C)C)[C@H](C)C1. The lowest BCUT2D eigenvalue weighted by molar-refractivity contribution is 0.0831. The van der Waals surface area contributed by atoms with Gasteiger partial charge < -0.3 is 5.11 Å². The molecular formula is C13H22O. The van der Waals surface area contributed by atoms with Crippen LogP contribution in [0, 0.1) is 17.3 Å². The highest BCUT2D eigenvalue weighted by Crippen LogP contribution is 2.44. The largest absolute Gasteiger partial charge is 0.395 e. The molecule has 80 valence electrons. The van der Waals surface area contributed by atoms with Crippen molar-refractivity contribution in [3.05, 3.63) is 24.8 Å². The third-order valence-electron chi connectivity index (χ3n) is 3.75. The third-order valence-corrected chi connectivity index (χ3v) is 3.75. The monoisotopic (exact) mass is 194 g/mol. The van der Waals surface area contributed by atoms with Crippen LogP contribution in [0.5, 0.6) is 0 Å². The smallest absolute Gasteiger partial charge is 0.0521 e. The lowest BCUT2D eigenvalue weighted by Crippen LogP contribution is -2.34. The van der Waals surface area contributed by atoms with E-state index in [4.69, 9.17) is 0 Å². The van der Waals surface area contributed by atoms with E-state index in [1.807, 2.05) is 6.08 Å². The Kier molecular flexibility index (Phi) is 3.54. The Balaban J connectivity index is 2.71. The predicted molar refractivity (Wildman–Crippen MR) is 61.0 cm³/mol. The molecule has 14 heavy (non-hydrogen) atoms. The second-order valence-corrected chi connectivity index (χ2v) is 4.90. The van der Waals surface area contributed by atoms with Crippen LogP contribution in [0.15, 0.2) is 24.8 Å². The molecule has 1 aliphatic rings. The van der Waals surface area contributed by atoms with Crippen LogP contribution < -0.4 is 0 Å². The molecule has 1 aliphatic carbocycles. The maximum atomic E-state index is 9.39. The molecule has 0 radical (unpaired) electrons. The normalized spacial score (nSPS) is 37.9. The predicted octanol–water partition coefficient (Wildman–Crippen LogP) is 3.16. The zero-order chi connectivity index (χ0) is 10.8. The lowest BCUT2D eigenvalue weighted by atomic mass is 9.65. The fraction of sp³-hybridized carbons (Fsp3) is 0.692. The summed E-state index contributed by atoms with van der Waals surface area (Å²) in [5.74, 6) is 1.25. The summed E-state index contributed by atoms with van der Waals surface area (Å²) in [7, 11) is 0. The van der Waals surface area contributed by atoms with Crippen molar-refractivity contribution in [1.82, 2.24) is 0 Å². The van der Waals surface area contributed by atoms with Crippen LogP contribution in [0.25, 0.3) is 0 Å². The second-order valence-electron chi connectivity index (χ2n) is 4.90. The number of aliphatic hydroxyl groups excluding tert-OH is 1. The molecule has 0 aromatic carbocycles. The van der Waals surface area contributed by atoms with Crippen LogP contribution >= 0.6 is 0 Å². The summed E-state index contributed by atoms with van der Waals surface area (Å²) in [6.07, 6.45) is 5.18. The summed E-state index contributed by atoms with van der Waals surface area (Å²) in [6.45, 7) is 12.5. The van der Waals surface area contributed by atoms with Gasteiger partial charge in [0.1, 0.15) is 0 Å². The van der Waals surface area contributed by atoms with Gasteiger partial charge in [0.15, 0.2) is 0 Å². The topological polar surface area (TPSA) is 20.2 Å². The fourth-order valence-electron chi connectivity index (χ4n) is 2.74. The Morgan fingerprint density at radius 2 is 2.29 bits per heavy atom. The Hall–Kier alpha value is -0.560. The summed E-state index contributed by atoms with van der Waals surface area (Å²) in [5, 5.41) is 9.39. The number of allylic oxidation sites excluding steroid dienone is 1. The van der Waals surface area contributed by atoms with Crippen molar-refractivity contribution in [2.45, 2.75) is 33.1 Å². The van der Waals surface area contributed by atoms with Crippen LogP contribution in [0.3, 0.4) is 0 Å². The first-order chi connectivity index (χ1) is 6.54. The van der Waals surface area contributed by atoms with Crippen molar-refractivity contribution >= 4 is 0 Å². The van der Waals surface area contributed by atoms with E-state index in [0.29, 0.717) is 11.8 Å². The van der Waals surface area contributed by atoms with E-state index in [1.165, 1.54) is 5.57 Å². The van der Waals surface area contributed by atoms with Crippen molar-refractivity contribution in [3.63, 3.8) is 0 Å². The summed E-state index contributed by atoms with van der Waals surface area (Å²) < 4.78 is 0. The molecule has 0 spiro atoms. The molecular weight excluding hydrogens is 172 g/mol. The summed E-state index contributed by atoms with van der Waals surface area (Å²) in [4.78, 5) is 0. The lowest BCUT2D eigenvalue weighted by Gasteiger charge is -2.41. The maximum absolute atomic E-state index is 9.39. The number of aliphatic hydroxyl groups is 1. The molecule has 1 fully saturated rings. The quantitative estimate of drug-likeness (QED) is 0.684. The minimum atomic E-state index is -0.0225. The Morgan fingerprint density at radius 3 is 2.64 bits per heavy atom. The molecule has 0 bridgehead atoms. The Labute approximate surface area is 87.5 Å². The van der Waals surface area contributed by atoms with Crippen LogP contribution in [-0.4, -0.2) is 11.7 Å². The Bertz CT molecular complexity index is 231. The van der Waals surface area contributed by atoms with Gasteiger partial charge in [0.2, 0.25) is 0 Å². The zero-order valence-corrected chi connectivity index (χ0v) is 9.42. The van der Waals surface area contributed by atoms with Gasteiger partial charge in [-0.15, -0.1) is 6.58 Å². The highest BCUT2D eigenvalue weighted by molar-refractivity contribution is 5.06. The van der Waals surface area contributed by atoms with Gasteiger partial charge in [0.05, 0.1) is 6.61 Å². The first kappa shape index (κ1) is 11.5. The average Bonchev–Trinajstić information content (AvgIpc) is 2.17. The minimum absolute atomic E-state index is 0.0225. The first-order valence-corrected chi connectivity index (χ1v) is 5.44. The highest BCUT2D eigenvalue weighted by Gasteiger charge is 2.36. The summed E-state index contributed by atoms with van der Waals surface area (Å²) in [6, 6.07) is 0. The molecule has 3 atom stereocenters. The maximum Gasteiger partial charge on any atom is 0.0521 e. The molecule has 0 saturated heterocycles. The minimum Gasteiger partial charge on any atom is -0.395 e. The molecule has 0 unspecified atom stereocenters. The van der Waals surface area contributed by atoms with E-state index >= 15 is 0 Å². The molecule has 1 N–H and O–H groups in total. The molecule has 0 aromatic rings. The van der Waals surface area contributed by atoms with Crippen molar-refractivity contribution in [1.29, 1.82) is 0 Å². The molecule has 0 aliphatic heterocycles. The molecule has 1 rings (SSSR count). The van der Waals surface area contributed by atoms with Crippen LogP contribution in [0.1, 0.15) is 33.1 Å². The van der Waals surface area contributed by atoms with Gasteiger partial charge >= 0.3 is 0 Å². The summed E-state index contributed by atoms with van der Waals surface area (Å²) in [5.41, 5.74) is 1.26. The number of rotatable bonds is 3. The van der Waals surface area contributed by atoms with E-state index in [0.717, 1.165) is 19.3 Å². The van der Waals surface area contributed by atoms with Gasteiger partial charge in [0, 0.05) is 5.41 Å². The highest BCUT2D eigenvalue weighted by atomic mass is 16.3. The van der Waals surface area contributed by atoms with Crippen molar-refractivity contribution < 1.29 is 5.11 Å². The Morgan fingerprint density at radius 1 is 1.64 bits per heavy atom. The van der Waals surface area contributed by atoms with Gasteiger partial charge in [-0.1, -0.05) is 25.2 Å². The standard InChI is InChI=1S/C13H22O/c1-5-13(9-14)7-6-12(10(2)3)11(4)8-13/h5,11-12,14H,1-2,6-9H2,3-4H3/t11-,12+,13+/m1/s1.